The predicted octanol–water partition coefficient (Wildman–Crippen LogP) is 3.17. The van der Waals surface area contributed by atoms with E-state index in [1.165, 1.54) is 30.4 Å². The maximum absolute atomic E-state index is 13.0. The molecule has 1 amide bonds. The summed E-state index contributed by atoms with van der Waals surface area (Å²) in [6.45, 7) is 5.05. The minimum absolute atomic E-state index is 0.232. The number of rotatable bonds is 5. The van der Waals surface area contributed by atoms with Crippen LogP contribution in [0.15, 0.2) is 18.2 Å². The average molecular weight is 300 g/mol. The molecule has 1 aromatic carbocycles. The standard InChI is InChI=1S/C19H28N2O/c1-2-3-12-21(18-10-11-20-14-18)19(22)17-9-8-15-6-4-5-7-16(15)13-17/h8-9,13,18,20H,2-7,10-12,14H2,1H3/t18-/m0/s1. The number of unbranched alkanes of at least 4 members (excludes halogenated alkanes) is 1. The highest BCUT2D eigenvalue weighted by molar-refractivity contribution is 5.94. The number of nitrogens with zero attached hydrogens (tertiary/aromatic N) is 1. The molecular formula is C19H28N2O. The zero-order chi connectivity index (χ0) is 15.4. The number of aryl methyl sites for hydroxylation is 2. The molecular weight excluding hydrogens is 272 g/mol. The van der Waals surface area contributed by atoms with E-state index in [-0.39, 0.29) is 5.91 Å². The van der Waals surface area contributed by atoms with Gasteiger partial charge in [0.05, 0.1) is 0 Å². The van der Waals surface area contributed by atoms with Crippen molar-refractivity contribution in [3.8, 4) is 0 Å². The van der Waals surface area contributed by atoms with Gasteiger partial charge < -0.3 is 10.2 Å². The summed E-state index contributed by atoms with van der Waals surface area (Å²) < 4.78 is 0. The Kier molecular flexibility index (Phi) is 5.14. The molecule has 1 aromatic rings. The van der Waals surface area contributed by atoms with Crippen LogP contribution in [0.2, 0.25) is 0 Å². The molecule has 22 heavy (non-hydrogen) atoms. The van der Waals surface area contributed by atoms with E-state index in [1.54, 1.807) is 0 Å². The third kappa shape index (κ3) is 3.35. The Morgan fingerprint density at radius 1 is 1.27 bits per heavy atom. The van der Waals surface area contributed by atoms with E-state index < -0.39 is 0 Å². The zero-order valence-electron chi connectivity index (χ0n) is 13.7. The van der Waals surface area contributed by atoms with Gasteiger partial charge in [-0.3, -0.25) is 4.79 Å². The fraction of sp³-hybridized carbons (Fsp3) is 0.632. The Morgan fingerprint density at radius 3 is 2.82 bits per heavy atom. The van der Waals surface area contributed by atoms with Crippen molar-refractivity contribution in [2.24, 2.45) is 0 Å². The minimum atomic E-state index is 0.232. The molecule has 1 aliphatic heterocycles. The first-order valence-electron chi connectivity index (χ1n) is 8.93. The lowest BCUT2D eigenvalue weighted by Crippen LogP contribution is -2.42. The van der Waals surface area contributed by atoms with E-state index in [2.05, 4.69) is 29.3 Å². The lowest BCUT2D eigenvalue weighted by Gasteiger charge is -2.29. The number of nitrogens with one attached hydrogen (secondary N) is 1. The highest BCUT2D eigenvalue weighted by Gasteiger charge is 2.27. The van der Waals surface area contributed by atoms with Gasteiger partial charge in [0.1, 0.15) is 0 Å². The highest BCUT2D eigenvalue weighted by Crippen LogP contribution is 2.23. The average Bonchev–Trinajstić information content (AvgIpc) is 3.09. The fourth-order valence-corrected chi connectivity index (χ4v) is 3.72. The van der Waals surface area contributed by atoms with Gasteiger partial charge in [0.25, 0.3) is 5.91 Å². The summed E-state index contributed by atoms with van der Waals surface area (Å²) in [5, 5.41) is 3.39. The molecule has 1 fully saturated rings. The fourth-order valence-electron chi connectivity index (χ4n) is 3.72. The van der Waals surface area contributed by atoms with E-state index in [1.807, 2.05) is 6.07 Å². The molecule has 0 radical (unpaired) electrons. The van der Waals surface area contributed by atoms with Crippen molar-refractivity contribution in [3.63, 3.8) is 0 Å². The molecule has 0 aromatic heterocycles. The Hall–Kier alpha value is -1.35. The van der Waals surface area contributed by atoms with Crippen molar-refractivity contribution >= 4 is 5.91 Å². The number of amides is 1. The van der Waals surface area contributed by atoms with Gasteiger partial charge in [-0.05, 0) is 68.3 Å². The van der Waals surface area contributed by atoms with Crippen molar-refractivity contribution in [2.45, 2.75) is 57.9 Å². The molecule has 0 saturated carbocycles. The molecule has 1 saturated heterocycles. The first-order valence-corrected chi connectivity index (χ1v) is 8.93. The van der Waals surface area contributed by atoms with Crippen LogP contribution >= 0.6 is 0 Å². The minimum Gasteiger partial charge on any atom is -0.334 e. The molecule has 1 aliphatic carbocycles. The summed E-state index contributed by atoms with van der Waals surface area (Å²) in [4.78, 5) is 15.1. The number of hydrogen-bond donors (Lipinski definition) is 1. The summed E-state index contributed by atoms with van der Waals surface area (Å²) in [6, 6.07) is 6.77. The zero-order valence-corrected chi connectivity index (χ0v) is 13.7. The molecule has 1 atom stereocenters. The number of carbonyl (C=O) groups is 1. The van der Waals surface area contributed by atoms with E-state index in [0.717, 1.165) is 50.9 Å². The molecule has 120 valence electrons. The molecule has 3 nitrogen and oxygen atoms in total. The van der Waals surface area contributed by atoms with Crippen LogP contribution in [0.3, 0.4) is 0 Å². The second-order valence-electron chi connectivity index (χ2n) is 6.69. The number of fused-ring (bicyclic) bond motifs is 1. The Labute approximate surface area is 134 Å². The second-order valence-corrected chi connectivity index (χ2v) is 6.69. The van der Waals surface area contributed by atoms with Crippen molar-refractivity contribution < 1.29 is 4.79 Å². The van der Waals surface area contributed by atoms with Crippen LogP contribution in [-0.2, 0) is 12.8 Å². The van der Waals surface area contributed by atoms with Crippen molar-refractivity contribution in [1.29, 1.82) is 0 Å². The summed E-state index contributed by atoms with van der Waals surface area (Å²) in [5.74, 6) is 0.232. The summed E-state index contributed by atoms with van der Waals surface area (Å²) in [6.07, 6.45) is 8.17. The maximum Gasteiger partial charge on any atom is 0.254 e. The largest absolute Gasteiger partial charge is 0.334 e. The molecule has 1 heterocycles. The van der Waals surface area contributed by atoms with Gasteiger partial charge in [0.2, 0.25) is 0 Å². The molecule has 2 aliphatic rings. The van der Waals surface area contributed by atoms with Gasteiger partial charge in [-0.25, -0.2) is 0 Å². The van der Waals surface area contributed by atoms with E-state index in [9.17, 15) is 4.79 Å². The second kappa shape index (κ2) is 7.28. The Balaban J connectivity index is 1.79. The molecule has 0 spiro atoms. The summed E-state index contributed by atoms with van der Waals surface area (Å²) in [7, 11) is 0. The van der Waals surface area contributed by atoms with Crippen LogP contribution in [0.5, 0.6) is 0 Å². The predicted molar refractivity (Wildman–Crippen MR) is 90.3 cm³/mol. The molecule has 0 unspecified atom stereocenters. The van der Waals surface area contributed by atoms with Gasteiger partial charge >= 0.3 is 0 Å². The van der Waals surface area contributed by atoms with Gasteiger partial charge in [-0.15, -0.1) is 0 Å². The quantitative estimate of drug-likeness (QED) is 0.906. The lowest BCUT2D eigenvalue weighted by atomic mass is 9.90. The smallest absolute Gasteiger partial charge is 0.254 e. The summed E-state index contributed by atoms with van der Waals surface area (Å²) >= 11 is 0. The highest BCUT2D eigenvalue weighted by atomic mass is 16.2. The molecule has 1 N–H and O–H groups in total. The van der Waals surface area contributed by atoms with Crippen LogP contribution in [0.1, 0.15) is 60.5 Å². The number of carbonyl (C=O) groups excluding carboxylic acids is 1. The van der Waals surface area contributed by atoms with Gasteiger partial charge in [0.15, 0.2) is 0 Å². The first kappa shape index (κ1) is 15.5. The molecule has 3 rings (SSSR count). The van der Waals surface area contributed by atoms with Gasteiger partial charge in [0, 0.05) is 24.7 Å². The maximum atomic E-state index is 13.0. The van der Waals surface area contributed by atoms with Crippen LogP contribution < -0.4 is 5.32 Å². The Morgan fingerprint density at radius 2 is 2.09 bits per heavy atom. The van der Waals surface area contributed by atoms with Gasteiger partial charge in [-0.1, -0.05) is 19.4 Å². The summed E-state index contributed by atoms with van der Waals surface area (Å²) in [5.41, 5.74) is 3.74. The Bertz CT molecular complexity index is 520. The van der Waals surface area contributed by atoms with Crippen molar-refractivity contribution in [2.75, 3.05) is 19.6 Å². The van der Waals surface area contributed by atoms with E-state index in [4.69, 9.17) is 0 Å². The van der Waals surface area contributed by atoms with Crippen LogP contribution in [0, 0.1) is 0 Å². The topological polar surface area (TPSA) is 32.3 Å². The van der Waals surface area contributed by atoms with E-state index in [0.29, 0.717) is 6.04 Å². The third-order valence-electron chi connectivity index (χ3n) is 5.08. The SMILES string of the molecule is CCCCN(C(=O)c1ccc2c(c1)CCCC2)[C@H]1CCNC1. The van der Waals surface area contributed by atoms with Crippen LogP contribution in [0.25, 0.3) is 0 Å². The number of hydrogen-bond acceptors (Lipinski definition) is 2. The molecule has 3 heteroatoms. The van der Waals surface area contributed by atoms with Crippen molar-refractivity contribution in [3.05, 3.63) is 34.9 Å². The van der Waals surface area contributed by atoms with Gasteiger partial charge in [-0.2, -0.15) is 0 Å². The van der Waals surface area contributed by atoms with Crippen LogP contribution in [0.4, 0.5) is 0 Å². The van der Waals surface area contributed by atoms with Crippen LogP contribution in [-0.4, -0.2) is 36.5 Å². The lowest BCUT2D eigenvalue weighted by molar-refractivity contribution is 0.0689. The monoisotopic (exact) mass is 300 g/mol. The first-order chi connectivity index (χ1) is 10.8. The molecule has 0 bridgehead atoms. The van der Waals surface area contributed by atoms with E-state index >= 15 is 0 Å². The number of benzene rings is 1. The van der Waals surface area contributed by atoms with Crippen molar-refractivity contribution in [1.82, 2.24) is 10.2 Å². The normalized spacial score (nSPS) is 20.7. The third-order valence-corrected chi connectivity index (χ3v) is 5.08.